The van der Waals surface area contributed by atoms with Crippen LogP contribution in [0.2, 0.25) is 0 Å². The Morgan fingerprint density at radius 2 is 2.08 bits per heavy atom. The van der Waals surface area contributed by atoms with Gasteiger partial charge in [0.2, 0.25) is 11.8 Å². The lowest BCUT2D eigenvalue weighted by molar-refractivity contribution is -0.128. The summed E-state index contributed by atoms with van der Waals surface area (Å²) in [4.78, 5) is 26.2. The van der Waals surface area contributed by atoms with Crippen LogP contribution >= 0.6 is 12.4 Å². The molecule has 2 heterocycles. The van der Waals surface area contributed by atoms with Gasteiger partial charge in [0.05, 0.1) is 0 Å². The zero-order chi connectivity index (χ0) is 16.9. The van der Waals surface area contributed by atoms with Gasteiger partial charge in [0, 0.05) is 38.0 Å². The van der Waals surface area contributed by atoms with Gasteiger partial charge in [-0.3, -0.25) is 9.59 Å². The number of nitrogens with one attached hydrogen (secondary N) is 2. The van der Waals surface area contributed by atoms with E-state index in [1.165, 1.54) is 0 Å². The molecule has 5 nitrogen and oxygen atoms in total. The van der Waals surface area contributed by atoms with Gasteiger partial charge in [0.15, 0.2) is 0 Å². The third-order valence-corrected chi connectivity index (χ3v) is 5.10. The summed E-state index contributed by atoms with van der Waals surface area (Å²) < 4.78 is 0. The molecule has 2 aliphatic rings. The number of hydrogen-bond acceptors (Lipinski definition) is 3. The smallest absolute Gasteiger partial charge is 0.223 e. The number of halogens is 1. The van der Waals surface area contributed by atoms with Crippen molar-refractivity contribution in [1.29, 1.82) is 0 Å². The second kappa shape index (κ2) is 9.20. The van der Waals surface area contributed by atoms with Crippen molar-refractivity contribution in [3.63, 3.8) is 0 Å². The Morgan fingerprint density at radius 1 is 1.32 bits per heavy atom. The van der Waals surface area contributed by atoms with Crippen LogP contribution in [-0.2, 0) is 22.7 Å². The van der Waals surface area contributed by atoms with Crippen LogP contribution < -0.4 is 10.6 Å². The lowest BCUT2D eigenvalue weighted by Gasteiger charge is -2.27. The predicted octanol–water partition coefficient (Wildman–Crippen LogP) is 2.24. The highest BCUT2D eigenvalue weighted by Crippen LogP contribution is 2.19. The first-order chi connectivity index (χ1) is 11.6. The summed E-state index contributed by atoms with van der Waals surface area (Å²) in [7, 11) is 0. The molecule has 25 heavy (non-hydrogen) atoms. The van der Waals surface area contributed by atoms with Crippen LogP contribution in [0.4, 0.5) is 0 Å². The summed E-state index contributed by atoms with van der Waals surface area (Å²) in [5, 5.41) is 6.47. The van der Waals surface area contributed by atoms with Gasteiger partial charge < -0.3 is 15.5 Å². The second-order valence-electron chi connectivity index (χ2n) is 6.98. The number of benzene rings is 1. The van der Waals surface area contributed by atoms with Gasteiger partial charge in [0.1, 0.15) is 0 Å². The van der Waals surface area contributed by atoms with E-state index in [2.05, 4.69) is 23.6 Å². The second-order valence-corrected chi connectivity index (χ2v) is 6.98. The van der Waals surface area contributed by atoms with Crippen molar-refractivity contribution in [2.45, 2.75) is 51.7 Å². The fourth-order valence-corrected chi connectivity index (χ4v) is 3.66. The first-order valence-electron chi connectivity index (χ1n) is 8.99. The fraction of sp³-hybridized carbons (Fsp3) is 0.579. The van der Waals surface area contributed by atoms with Gasteiger partial charge in [-0.2, -0.15) is 0 Å². The molecule has 2 fully saturated rings. The highest BCUT2D eigenvalue weighted by Gasteiger charge is 2.25. The Bertz CT molecular complexity index is 608. The Labute approximate surface area is 155 Å². The van der Waals surface area contributed by atoms with Gasteiger partial charge >= 0.3 is 0 Å². The summed E-state index contributed by atoms with van der Waals surface area (Å²) >= 11 is 0. The SMILES string of the molecule is C[C@H]1C[C@@H](C(=O)NCc2ccccc2CN2CCCC2=O)CCN1.Cl. The minimum Gasteiger partial charge on any atom is -0.352 e. The number of carbonyl (C=O) groups excluding carboxylic acids is 2. The maximum atomic E-state index is 12.4. The molecule has 2 aliphatic heterocycles. The summed E-state index contributed by atoms with van der Waals surface area (Å²) in [5.41, 5.74) is 2.24. The number of likely N-dealkylation sites (tertiary alicyclic amines) is 1. The van der Waals surface area contributed by atoms with Crippen molar-refractivity contribution in [3.05, 3.63) is 35.4 Å². The van der Waals surface area contributed by atoms with Crippen molar-refractivity contribution in [3.8, 4) is 0 Å². The molecule has 0 saturated carbocycles. The maximum Gasteiger partial charge on any atom is 0.223 e. The number of carbonyl (C=O) groups is 2. The quantitative estimate of drug-likeness (QED) is 0.841. The van der Waals surface area contributed by atoms with Crippen LogP contribution in [-0.4, -0.2) is 35.8 Å². The van der Waals surface area contributed by atoms with E-state index in [0.29, 0.717) is 25.6 Å². The molecule has 2 saturated heterocycles. The zero-order valence-corrected chi connectivity index (χ0v) is 15.6. The number of amides is 2. The summed E-state index contributed by atoms with van der Waals surface area (Å²) in [6.45, 7) is 5.06. The molecule has 2 atom stereocenters. The standard InChI is InChI=1S/C19H27N3O2.ClH/c1-14-11-15(8-9-20-14)19(24)21-12-16-5-2-3-6-17(16)13-22-10-4-7-18(22)23;/h2-3,5-6,14-15,20H,4,7-13H2,1H3,(H,21,24);1H/t14-,15-;/m0./s1. The molecule has 0 aromatic heterocycles. The van der Waals surface area contributed by atoms with E-state index in [0.717, 1.165) is 43.5 Å². The summed E-state index contributed by atoms with van der Waals surface area (Å²) in [6.07, 6.45) is 3.41. The summed E-state index contributed by atoms with van der Waals surface area (Å²) in [5.74, 6) is 0.488. The molecule has 2 N–H and O–H groups in total. The average molecular weight is 366 g/mol. The van der Waals surface area contributed by atoms with E-state index >= 15 is 0 Å². The van der Waals surface area contributed by atoms with Crippen LogP contribution in [0.3, 0.4) is 0 Å². The third-order valence-electron chi connectivity index (χ3n) is 5.10. The van der Waals surface area contributed by atoms with Crippen LogP contribution in [0.15, 0.2) is 24.3 Å². The minimum absolute atomic E-state index is 0. The molecule has 0 aliphatic carbocycles. The van der Waals surface area contributed by atoms with Crippen LogP contribution in [0.1, 0.15) is 43.7 Å². The van der Waals surface area contributed by atoms with Crippen molar-refractivity contribution >= 4 is 24.2 Å². The molecule has 0 spiro atoms. The topological polar surface area (TPSA) is 61.4 Å². The lowest BCUT2D eigenvalue weighted by Crippen LogP contribution is -2.42. The lowest BCUT2D eigenvalue weighted by atomic mass is 9.92. The molecule has 138 valence electrons. The first-order valence-corrected chi connectivity index (χ1v) is 8.99. The molecule has 0 bridgehead atoms. The van der Waals surface area contributed by atoms with Gasteiger partial charge in [-0.1, -0.05) is 24.3 Å². The number of hydrogen-bond donors (Lipinski definition) is 2. The molecule has 6 heteroatoms. The average Bonchev–Trinajstić information content (AvgIpc) is 2.99. The van der Waals surface area contributed by atoms with E-state index in [4.69, 9.17) is 0 Å². The molecular weight excluding hydrogens is 338 g/mol. The van der Waals surface area contributed by atoms with Gasteiger partial charge in [-0.25, -0.2) is 0 Å². The Hall–Kier alpha value is -1.59. The van der Waals surface area contributed by atoms with E-state index < -0.39 is 0 Å². The normalized spacial score (nSPS) is 23.2. The molecule has 3 rings (SSSR count). The Balaban J connectivity index is 0.00000225. The van der Waals surface area contributed by atoms with Gasteiger partial charge in [-0.05, 0) is 43.9 Å². The molecule has 1 aromatic carbocycles. The van der Waals surface area contributed by atoms with Gasteiger partial charge in [0.25, 0.3) is 0 Å². The summed E-state index contributed by atoms with van der Waals surface area (Å²) in [6, 6.07) is 8.49. The van der Waals surface area contributed by atoms with Crippen LogP contribution in [0.25, 0.3) is 0 Å². The fourth-order valence-electron chi connectivity index (χ4n) is 3.66. The molecule has 2 amide bonds. The van der Waals surface area contributed by atoms with Crippen molar-refractivity contribution in [2.75, 3.05) is 13.1 Å². The Morgan fingerprint density at radius 3 is 2.76 bits per heavy atom. The van der Waals surface area contributed by atoms with E-state index in [-0.39, 0.29) is 30.1 Å². The molecule has 1 aromatic rings. The number of nitrogens with zero attached hydrogens (tertiary/aromatic N) is 1. The van der Waals surface area contributed by atoms with Crippen molar-refractivity contribution in [2.24, 2.45) is 5.92 Å². The highest BCUT2D eigenvalue weighted by atomic mass is 35.5. The maximum absolute atomic E-state index is 12.4. The third kappa shape index (κ3) is 5.19. The minimum atomic E-state index is 0. The van der Waals surface area contributed by atoms with Crippen LogP contribution in [0, 0.1) is 5.92 Å². The van der Waals surface area contributed by atoms with E-state index in [1.807, 2.05) is 23.1 Å². The molecular formula is C19H28ClN3O2. The monoisotopic (exact) mass is 365 g/mol. The first kappa shape index (κ1) is 19.7. The molecule has 0 radical (unpaired) electrons. The number of rotatable bonds is 5. The zero-order valence-electron chi connectivity index (χ0n) is 14.8. The highest BCUT2D eigenvalue weighted by molar-refractivity contribution is 5.85. The Kier molecular flexibility index (Phi) is 7.26. The van der Waals surface area contributed by atoms with Crippen molar-refractivity contribution < 1.29 is 9.59 Å². The van der Waals surface area contributed by atoms with Gasteiger partial charge in [-0.15, -0.1) is 12.4 Å². The number of piperidine rings is 1. The molecule has 0 unspecified atom stereocenters. The predicted molar refractivity (Wildman–Crippen MR) is 100 cm³/mol. The largest absolute Gasteiger partial charge is 0.352 e. The van der Waals surface area contributed by atoms with E-state index in [1.54, 1.807) is 0 Å². The van der Waals surface area contributed by atoms with E-state index in [9.17, 15) is 9.59 Å². The van der Waals surface area contributed by atoms with Crippen molar-refractivity contribution in [1.82, 2.24) is 15.5 Å². The van der Waals surface area contributed by atoms with Crippen LogP contribution in [0.5, 0.6) is 0 Å².